The van der Waals surface area contributed by atoms with Crippen molar-refractivity contribution in [2.75, 3.05) is 5.32 Å². The third kappa shape index (κ3) is 4.70. The summed E-state index contributed by atoms with van der Waals surface area (Å²) in [6.45, 7) is 4.01. The molecule has 0 saturated heterocycles. The van der Waals surface area contributed by atoms with Gasteiger partial charge in [-0.3, -0.25) is 4.79 Å². The minimum Gasteiger partial charge on any atom is -0.439 e. The van der Waals surface area contributed by atoms with E-state index in [1.54, 1.807) is 24.4 Å². The van der Waals surface area contributed by atoms with Gasteiger partial charge in [-0.15, -0.1) is 0 Å². The Kier molecular flexibility index (Phi) is 5.52. The molecule has 4 aromatic rings. The van der Waals surface area contributed by atoms with E-state index < -0.39 is 0 Å². The van der Waals surface area contributed by atoms with Crippen molar-refractivity contribution in [2.24, 2.45) is 0 Å². The molecule has 3 aromatic carbocycles. The number of carbonyl (C=O) groups excluding carboxylic acids is 1. The van der Waals surface area contributed by atoms with Crippen LogP contribution in [-0.4, -0.2) is 15.9 Å². The van der Waals surface area contributed by atoms with Gasteiger partial charge in [0.2, 0.25) is 5.88 Å². The van der Waals surface area contributed by atoms with E-state index in [0.29, 0.717) is 23.0 Å². The van der Waals surface area contributed by atoms with Crippen LogP contribution in [0, 0.1) is 13.8 Å². The highest BCUT2D eigenvalue weighted by atomic mass is 16.5. The van der Waals surface area contributed by atoms with E-state index in [-0.39, 0.29) is 5.91 Å². The molecule has 0 radical (unpaired) electrons. The van der Waals surface area contributed by atoms with Crippen LogP contribution >= 0.6 is 0 Å². The van der Waals surface area contributed by atoms with Gasteiger partial charge < -0.3 is 10.1 Å². The van der Waals surface area contributed by atoms with Crippen molar-refractivity contribution in [3.63, 3.8) is 0 Å². The maximum Gasteiger partial charge on any atom is 0.255 e. The number of amides is 1. The van der Waals surface area contributed by atoms with E-state index >= 15 is 0 Å². The van der Waals surface area contributed by atoms with Crippen molar-refractivity contribution in [1.82, 2.24) is 9.97 Å². The summed E-state index contributed by atoms with van der Waals surface area (Å²) in [5.41, 5.74) is 4.37. The van der Waals surface area contributed by atoms with Gasteiger partial charge in [0.1, 0.15) is 5.75 Å². The van der Waals surface area contributed by atoms with Crippen molar-refractivity contribution < 1.29 is 9.53 Å². The first kappa shape index (κ1) is 19.3. The molecular formula is C25H21N3O2. The topological polar surface area (TPSA) is 64.1 Å². The quantitative estimate of drug-likeness (QED) is 0.463. The third-order valence-electron chi connectivity index (χ3n) is 4.48. The summed E-state index contributed by atoms with van der Waals surface area (Å²) in [5.74, 6) is 1.54. The second kappa shape index (κ2) is 8.57. The molecule has 30 heavy (non-hydrogen) atoms. The van der Waals surface area contributed by atoms with Crippen molar-refractivity contribution in [1.29, 1.82) is 0 Å². The predicted molar refractivity (Wildman–Crippen MR) is 118 cm³/mol. The van der Waals surface area contributed by atoms with Crippen LogP contribution in [0.1, 0.15) is 21.5 Å². The number of aryl methyl sites for hydroxylation is 2. The lowest BCUT2D eigenvalue weighted by Gasteiger charge is -2.09. The Hall–Kier alpha value is -3.99. The van der Waals surface area contributed by atoms with E-state index in [9.17, 15) is 4.79 Å². The SMILES string of the molecule is Cc1cc(C)cc(NC(=O)c2ccc(-c3nccc(Oc4ccccc4)n3)cc2)c1. The number of nitrogens with zero attached hydrogens (tertiary/aromatic N) is 2. The average Bonchev–Trinajstić information content (AvgIpc) is 2.74. The molecule has 0 fully saturated rings. The smallest absolute Gasteiger partial charge is 0.255 e. The molecule has 5 heteroatoms. The summed E-state index contributed by atoms with van der Waals surface area (Å²) in [6.07, 6.45) is 1.65. The fourth-order valence-electron chi connectivity index (χ4n) is 3.17. The second-order valence-electron chi connectivity index (χ2n) is 7.04. The zero-order valence-corrected chi connectivity index (χ0v) is 16.8. The van der Waals surface area contributed by atoms with Crippen LogP contribution in [0.4, 0.5) is 5.69 Å². The fourth-order valence-corrected chi connectivity index (χ4v) is 3.17. The molecule has 0 aliphatic carbocycles. The Labute approximate surface area is 175 Å². The van der Waals surface area contributed by atoms with Crippen LogP contribution in [0.3, 0.4) is 0 Å². The summed E-state index contributed by atoms with van der Waals surface area (Å²) in [6, 6.07) is 24.3. The molecule has 1 heterocycles. The van der Waals surface area contributed by atoms with E-state index in [1.807, 2.05) is 68.4 Å². The van der Waals surface area contributed by atoms with E-state index in [4.69, 9.17) is 4.74 Å². The highest BCUT2D eigenvalue weighted by Crippen LogP contribution is 2.22. The molecule has 0 saturated carbocycles. The zero-order valence-electron chi connectivity index (χ0n) is 16.8. The third-order valence-corrected chi connectivity index (χ3v) is 4.48. The van der Waals surface area contributed by atoms with Crippen LogP contribution in [0.5, 0.6) is 11.6 Å². The van der Waals surface area contributed by atoms with Crippen molar-refractivity contribution in [3.8, 4) is 23.0 Å². The molecule has 0 bridgehead atoms. The molecule has 4 rings (SSSR count). The summed E-state index contributed by atoms with van der Waals surface area (Å²) < 4.78 is 5.77. The van der Waals surface area contributed by atoms with Crippen LogP contribution in [0.25, 0.3) is 11.4 Å². The van der Waals surface area contributed by atoms with Gasteiger partial charge in [0.05, 0.1) is 0 Å². The number of ether oxygens (including phenoxy) is 1. The standard InChI is InChI=1S/C25H21N3O2/c1-17-14-18(2)16-21(15-17)27-25(29)20-10-8-19(9-11-20)24-26-13-12-23(28-24)30-22-6-4-3-5-7-22/h3-16H,1-2H3,(H,27,29). The summed E-state index contributed by atoms with van der Waals surface area (Å²) >= 11 is 0. The Bertz CT molecular complexity index is 1150. The van der Waals surface area contributed by atoms with Gasteiger partial charge in [0, 0.05) is 29.1 Å². The lowest BCUT2D eigenvalue weighted by atomic mass is 10.1. The second-order valence-corrected chi connectivity index (χ2v) is 7.04. The van der Waals surface area contributed by atoms with Crippen LogP contribution < -0.4 is 10.1 Å². The zero-order chi connectivity index (χ0) is 20.9. The van der Waals surface area contributed by atoms with Crippen LogP contribution in [-0.2, 0) is 0 Å². The Balaban J connectivity index is 1.49. The molecule has 0 spiro atoms. The summed E-state index contributed by atoms with van der Waals surface area (Å²) in [4.78, 5) is 21.4. The molecule has 1 aromatic heterocycles. The van der Waals surface area contributed by atoms with Crippen molar-refractivity contribution >= 4 is 11.6 Å². The molecule has 148 valence electrons. The average molecular weight is 395 g/mol. The lowest BCUT2D eigenvalue weighted by Crippen LogP contribution is -2.12. The highest BCUT2D eigenvalue weighted by Gasteiger charge is 2.09. The van der Waals surface area contributed by atoms with Gasteiger partial charge >= 0.3 is 0 Å². The van der Waals surface area contributed by atoms with Crippen molar-refractivity contribution in [2.45, 2.75) is 13.8 Å². The molecule has 0 unspecified atom stereocenters. The van der Waals surface area contributed by atoms with Crippen LogP contribution in [0.15, 0.2) is 85.1 Å². The van der Waals surface area contributed by atoms with E-state index in [2.05, 4.69) is 21.4 Å². The van der Waals surface area contributed by atoms with Gasteiger partial charge in [-0.1, -0.05) is 36.4 Å². The minimum absolute atomic E-state index is 0.159. The monoisotopic (exact) mass is 395 g/mol. The number of hydrogen-bond acceptors (Lipinski definition) is 4. The number of hydrogen-bond donors (Lipinski definition) is 1. The Morgan fingerprint density at radius 1 is 0.867 bits per heavy atom. The van der Waals surface area contributed by atoms with Gasteiger partial charge in [0.15, 0.2) is 5.82 Å². The first-order valence-electron chi connectivity index (χ1n) is 9.63. The largest absolute Gasteiger partial charge is 0.439 e. The molecule has 0 atom stereocenters. The maximum absolute atomic E-state index is 12.6. The first-order chi connectivity index (χ1) is 14.6. The number of anilines is 1. The molecule has 0 aliphatic rings. The first-order valence-corrected chi connectivity index (χ1v) is 9.63. The van der Waals surface area contributed by atoms with Gasteiger partial charge in [-0.2, -0.15) is 4.98 Å². The lowest BCUT2D eigenvalue weighted by molar-refractivity contribution is 0.102. The molecule has 5 nitrogen and oxygen atoms in total. The van der Waals surface area contributed by atoms with Crippen LogP contribution in [0.2, 0.25) is 0 Å². The van der Waals surface area contributed by atoms with Gasteiger partial charge in [-0.05, 0) is 61.4 Å². The highest BCUT2D eigenvalue weighted by molar-refractivity contribution is 6.04. The number of aromatic nitrogens is 2. The number of para-hydroxylation sites is 1. The molecule has 1 N–H and O–H groups in total. The number of carbonyl (C=O) groups is 1. The van der Waals surface area contributed by atoms with Crippen molar-refractivity contribution in [3.05, 3.63) is 102 Å². The van der Waals surface area contributed by atoms with Gasteiger partial charge in [-0.25, -0.2) is 4.98 Å². The molecule has 0 aliphatic heterocycles. The number of benzene rings is 3. The summed E-state index contributed by atoms with van der Waals surface area (Å²) in [5, 5.41) is 2.95. The van der Waals surface area contributed by atoms with E-state index in [0.717, 1.165) is 22.4 Å². The minimum atomic E-state index is -0.159. The van der Waals surface area contributed by atoms with Gasteiger partial charge in [0.25, 0.3) is 5.91 Å². The molecular weight excluding hydrogens is 374 g/mol. The summed E-state index contributed by atoms with van der Waals surface area (Å²) in [7, 11) is 0. The number of nitrogens with one attached hydrogen (secondary N) is 1. The molecule has 1 amide bonds. The Morgan fingerprint density at radius 3 is 2.27 bits per heavy atom. The fraction of sp³-hybridized carbons (Fsp3) is 0.0800. The Morgan fingerprint density at radius 2 is 1.57 bits per heavy atom. The predicted octanol–water partition coefficient (Wildman–Crippen LogP) is 5.81. The number of rotatable bonds is 5. The normalized spacial score (nSPS) is 10.5. The van der Waals surface area contributed by atoms with E-state index in [1.165, 1.54) is 0 Å². The maximum atomic E-state index is 12.6.